The first kappa shape index (κ1) is 13.4. The number of aromatic hydroxyl groups is 2. The van der Waals surface area contributed by atoms with Gasteiger partial charge in [0, 0.05) is 18.1 Å². The molecule has 0 saturated heterocycles. The summed E-state index contributed by atoms with van der Waals surface area (Å²) < 4.78 is 4.71. The molecule has 0 unspecified atom stereocenters. The summed E-state index contributed by atoms with van der Waals surface area (Å²) in [6.07, 6.45) is 0.134. The molecule has 4 N–H and O–H groups in total. The Kier molecular flexibility index (Phi) is 2.86. The monoisotopic (exact) mass is 288 g/mol. The van der Waals surface area contributed by atoms with Crippen molar-refractivity contribution in [3.8, 4) is 17.2 Å². The summed E-state index contributed by atoms with van der Waals surface area (Å²) in [6, 6.07) is 9.93. The molecule has 1 heterocycles. The number of hydrogen-bond acceptors (Lipinski definition) is 6. The molecular weight excluding hydrogens is 276 g/mol. The highest BCUT2D eigenvalue weighted by atomic mass is 16.8. The van der Waals surface area contributed by atoms with E-state index in [0.717, 1.165) is 11.6 Å². The van der Waals surface area contributed by atoms with Crippen molar-refractivity contribution in [1.29, 1.82) is 0 Å². The Balaban J connectivity index is 2.15. The van der Waals surface area contributed by atoms with E-state index in [4.69, 9.17) is 4.74 Å². The lowest BCUT2D eigenvalue weighted by molar-refractivity contribution is -0.241. The van der Waals surface area contributed by atoms with Gasteiger partial charge in [-0.15, -0.1) is 0 Å². The van der Waals surface area contributed by atoms with Crippen molar-refractivity contribution in [2.24, 2.45) is 0 Å². The SMILES string of the molecule is O=C1c2c(cc(O)c(O)c2Cc2ccccc2)OC1(O)O. The van der Waals surface area contributed by atoms with Gasteiger partial charge in [0.25, 0.3) is 5.78 Å². The zero-order valence-corrected chi connectivity index (χ0v) is 10.8. The fourth-order valence-electron chi connectivity index (χ4n) is 2.35. The van der Waals surface area contributed by atoms with E-state index in [-0.39, 0.29) is 23.3 Å². The summed E-state index contributed by atoms with van der Waals surface area (Å²) in [7, 11) is 0. The molecule has 0 aliphatic carbocycles. The summed E-state index contributed by atoms with van der Waals surface area (Å²) in [6.45, 7) is 0. The van der Waals surface area contributed by atoms with Crippen molar-refractivity contribution in [1.82, 2.24) is 0 Å². The first-order chi connectivity index (χ1) is 9.90. The zero-order chi connectivity index (χ0) is 15.2. The minimum Gasteiger partial charge on any atom is -0.504 e. The lowest BCUT2D eigenvalue weighted by atomic mass is 9.95. The highest BCUT2D eigenvalue weighted by Gasteiger charge is 2.48. The molecule has 0 bridgehead atoms. The molecule has 1 aliphatic rings. The van der Waals surface area contributed by atoms with Gasteiger partial charge in [0.1, 0.15) is 5.75 Å². The maximum Gasteiger partial charge on any atom is 0.391 e. The molecule has 1 aliphatic heterocycles. The number of rotatable bonds is 2. The molecule has 0 fully saturated rings. The molecule has 0 aromatic heterocycles. The van der Waals surface area contributed by atoms with Crippen LogP contribution in [0.2, 0.25) is 0 Å². The second-order valence-corrected chi connectivity index (χ2v) is 4.80. The molecule has 0 atom stereocenters. The maximum atomic E-state index is 12.0. The quantitative estimate of drug-likeness (QED) is 0.483. The van der Waals surface area contributed by atoms with Gasteiger partial charge in [-0.25, -0.2) is 0 Å². The predicted molar refractivity (Wildman–Crippen MR) is 71.1 cm³/mol. The molecule has 2 aromatic rings. The van der Waals surface area contributed by atoms with Crippen LogP contribution in [0.5, 0.6) is 17.2 Å². The molecule has 0 radical (unpaired) electrons. The average molecular weight is 288 g/mol. The van der Waals surface area contributed by atoms with Gasteiger partial charge in [-0.3, -0.25) is 4.79 Å². The molecule has 108 valence electrons. The van der Waals surface area contributed by atoms with Crippen LogP contribution in [0.4, 0.5) is 0 Å². The van der Waals surface area contributed by atoms with Crippen LogP contribution in [-0.4, -0.2) is 32.2 Å². The second kappa shape index (κ2) is 4.47. The summed E-state index contributed by atoms with van der Waals surface area (Å²) in [5, 5.41) is 38.6. The highest BCUT2D eigenvalue weighted by Crippen LogP contribution is 2.44. The summed E-state index contributed by atoms with van der Waals surface area (Å²) >= 11 is 0. The lowest BCUT2D eigenvalue weighted by Crippen LogP contribution is -2.39. The van der Waals surface area contributed by atoms with E-state index in [2.05, 4.69) is 0 Å². The Morgan fingerprint density at radius 3 is 2.43 bits per heavy atom. The zero-order valence-electron chi connectivity index (χ0n) is 10.8. The Labute approximate surface area is 119 Å². The Morgan fingerprint density at radius 2 is 1.76 bits per heavy atom. The molecule has 0 spiro atoms. The summed E-state index contributed by atoms with van der Waals surface area (Å²) in [5.41, 5.74) is 0.729. The van der Waals surface area contributed by atoms with Crippen molar-refractivity contribution < 1.29 is 30.0 Å². The van der Waals surface area contributed by atoms with Gasteiger partial charge < -0.3 is 25.2 Å². The molecule has 21 heavy (non-hydrogen) atoms. The van der Waals surface area contributed by atoms with Crippen LogP contribution in [0.15, 0.2) is 36.4 Å². The van der Waals surface area contributed by atoms with Crippen LogP contribution in [0, 0.1) is 0 Å². The van der Waals surface area contributed by atoms with Crippen LogP contribution in [0.1, 0.15) is 21.5 Å². The average Bonchev–Trinajstić information content (AvgIpc) is 2.66. The van der Waals surface area contributed by atoms with E-state index in [1.165, 1.54) is 0 Å². The van der Waals surface area contributed by atoms with Crippen molar-refractivity contribution in [2.45, 2.75) is 12.4 Å². The van der Waals surface area contributed by atoms with E-state index >= 15 is 0 Å². The minimum atomic E-state index is -2.98. The number of carbonyl (C=O) groups excluding carboxylic acids is 1. The third-order valence-electron chi connectivity index (χ3n) is 3.34. The third kappa shape index (κ3) is 2.10. The van der Waals surface area contributed by atoms with Crippen LogP contribution in [0.3, 0.4) is 0 Å². The first-order valence-corrected chi connectivity index (χ1v) is 6.20. The normalized spacial score (nSPS) is 15.6. The van der Waals surface area contributed by atoms with Crippen LogP contribution in [-0.2, 0) is 6.42 Å². The molecule has 3 rings (SSSR count). The Hall–Kier alpha value is -2.57. The third-order valence-corrected chi connectivity index (χ3v) is 3.34. The van der Waals surface area contributed by atoms with E-state index in [1.54, 1.807) is 24.3 Å². The van der Waals surface area contributed by atoms with Crippen molar-refractivity contribution in [3.05, 3.63) is 53.1 Å². The van der Waals surface area contributed by atoms with Crippen molar-refractivity contribution in [3.63, 3.8) is 0 Å². The highest BCUT2D eigenvalue weighted by molar-refractivity contribution is 6.07. The van der Waals surface area contributed by atoms with Gasteiger partial charge in [0.05, 0.1) is 5.56 Å². The topological polar surface area (TPSA) is 107 Å². The Bertz CT molecular complexity index is 721. The Morgan fingerprint density at radius 1 is 1.10 bits per heavy atom. The second-order valence-electron chi connectivity index (χ2n) is 4.80. The van der Waals surface area contributed by atoms with Gasteiger partial charge in [0.15, 0.2) is 11.5 Å². The van der Waals surface area contributed by atoms with Crippen molar-refractivity contribution >= 4 is 5.78 Å². The van der Waals surface area contributed by atoms with Crippen LogP contribution in [0.25, 0.3) is 0 Å². The number of hydrogen-bond donors (Lipinski definition) is 4. The van der Waals surface area contributed by atoms with Gasteiger partial charge in [-0.2, -0.15) is 0 Å². The first-order valence-electron chi connectivity index (χ1n) is 6.20. The van der Waals surface area contributed by atoms with E-state index < -0.39 is 23.3 Å². The minimum absolute atomic E-state index is 0.0891. The van der Waals surface area contributed by atoms with Crippen LogP contribution < -0.4 is 4.74 Å². The summed E-state index contributed by atoms with van der Waals surface area (Å²) in [5.74, 6) is -5.20. The number of benzene rings is 2. The van der Waals surface area contributed by atoms with Crippen LogP contribution >= 0.6 is 0 Å². The number of carbonyl (C=O) groups is 1. The maximum absolute atomic E-state index is 12.0. The van der Waals surface area contributed by atoms with Gasteiger partial charge >= 0.3 is 5.97 Å². The van der Waals surface area contributed by atoms with Gasteiger partial charge in [-0.05, 0) is 5.56 Å². The molecule has 6 nitrogen and oxygen atoms in total. The number of ketones is 1. The predicted octanol–water partition coefficient (Wildman–Crippen LogP) is 0.902. The lowest BCUT2D eigenvalue weighted by Gasteiger charge is -2.10. The molecule has 2 aromatic carbocycles. The fourth-order valence-corrected chi connectivity index (χ4v) is 2.35. The molecule has 6 heteroatoms. The number of phenolic OH excluding ortho intramolecular Hbond substituents is 2. The number of fused-ring (bicyclic) bond motifs is 1. The largest absolute Gasteiger partial charge is 0.504 e. The van der Waals surface area contributed by atoms with E-state index in [1.807, 2.05) is 6.07 Å². The molecular formula is C15H12O6. The summed E-state index contributed by atoms with van der Waals surface area (Å²) in [4.78, 5) is 12.0. The number of phenols is 2. The smallest absolute Gasteiger partial charge is 0.391 e. The van der Waals surface area contributed by atoms with E-state index in [9.17, 15) is 25.2 Å². The molecule has 0 saturated carbocycles. The fraction of sp³-hybridized carbons (Fsp3) is 0.133. The number of ether oxygens (including phenoxy) is 1. The van der Waals surface area contributed by atoms with Gasteiger partial charge in [-0.1, -0.05) is 30.3 Å². The van der Waals surface area contributed by atoms with Gasteiger partial charge in [0.2, 0.25) is 0 Å². The van der Waals surface area contributed by atoms with Crippen molar-refractivity contribution in [2.75, 3.05) is 0 Å². The molecule has 0 amide bonds. The number of Topliss-reactive ketones (excluding diaryl/α,β-unsaturated/α-hetero) is 1. The van der Waals surface area contributed by atoms with E-state index in [0.29, 0.717) is 0 Å². The number of aliphatic hydroxyl groups is 2. The standard InChI is InChI=1S/C15H12O6/c16-10-7-11-12(14(18)15(19,20)21-11)9(13(10)17)6-8-4-2-1-3-5-8/h1-5,7,16-17,19-20H,6H2.